The Labute approximate surface area is 91.6 Å². The third-order valence-corrected chi connectivity index (χ3v) is 2.13. The molecule has 1 nitrogen and oxygen atoms in total. The van der Waals surface area contributed by atoms with Crippen LogP contribution in [0.1, 0.15) is 11.1 Å². The van der Waals surface area contributed by atoms with Crippen LogP contribution < -0.4 is 5.73 Å². The highest BCUT2D eigenvalue weighted by Crippen LogP contribution is 2.06. The second-order valence-electron chi connectivity index (χ2n) is 3.51. The zero-order valence-electron chi connectivity index (χ0n) is 9.27. The Morgan fingerprint density at radius 2 is 1.27 bits per heavy atom. The zero-order valence-corrected chi connectivity index (χ0v) is 9.27. The number of nitrogen functional groups attached to an aromatic ring is 1. The number of para-hydroxylation sites is 1. The molecule has 0 fully saturated rings. The van der Waals surface area contributed by atoms with Gasteiger partial charge in [0.1, 0.15) is 0 Å². The minimum atomic E-state index is 0.868. The SMILES string of the molecule is Cc1ccccc1.Cc1ccccc1N. The molecule has 15 heavy (non-hydrogen) atoms. The molecule has 0 bridgehead atoms. The van der Waals surface area contributed by atoms with Crippen molar-refractivity contribution in [3.8, 4) is 0 Å². The minimum Gasteiger partial charge on any atom is -0.399 e. The first-order chi connectivity index (χ1) is 7.20. The van der Waals surface area contributed by atoms with Gasteiger partial charge in [0.25, 0.3) is 0 Å². The molecule has 0 aliphatic heterocycles. The molecule has 0 saturated carbocycles. The summed E-state index contributed by atoms with van der Waals surface area (Å²) in [4.78, 5) is 0. The summed E-state index contributed by atoms with van der Waals surface area (Å²) in [5, 5.41) is 0. The zero-order chi connectivity index (χ0) is 11.1. The van der Waals surface area contributed by atoms with Crippen molar-refractivity contribution in [2.24, 2.45) is 0 Å². The summed E-state index contributed by atoms with van der Waals surface area (Å²) in [5.74, 6) is 0. The lowest BCUT2D eigenvalue weighted by Crippen LogP contribution is -1.85. The molecule has 0 unspecified atom stereocenters. The Kier molecular flexibility index (Phi) is 4.42. The van der Waals surface area contributed by atoms with Gasteiger partial charge in [-0.25, -0.2) is 0 Å². The summed E-state index contributed by atoms with van der Waals surface area (Å²) in [5.41, 5.74) is 8.86. The molecule has 1 heteroatoms. The van der Waals surface area contributed by atoms with Gasteiger partial charge in [-0.2, -0.15) is 0 Å². The van der Waals surface area contributed by atoms with E-state index in [1.54, 1.807) is 0 Å². The number of rotatable bonds is 0. The van der Waals surface area contributed by atoms with Crippen LogP contribution in [0.25, 0.3) is 0 Å². The molecule has 2 rings (SSSR count). The maximum Gasteiger partial charge on any atom is 0.0343 e. The lowest BCUT2D eigenvalue weighted by Gasteiger charge is -1.93. The van der Waals surface area contributed by atoms with Crippen LogP contribution in [0.4, 0.5) is 5.69 Å². The molecular formula is C14H17N. The predicted octanol–water partition coefficient (Wildman–Crippen LogP) is 3.57. The van der Waals surface area contributed by atoms with Gasteiger partial charge in [0.15, 0.2) is 0 Å². The van der Waals surface area contributed by atoms with Gasteiger partial charge in [-0.15, -0.1) is 0 Å². The van der Waals surface area contributed by atoms with Gasteiger partial charge in [0.05, 0.1) is 0 Å². The van der Waals surface area contributed by atoms with Crippen molar-refractivity contribution >= 4 is 5.69 Å². The smallest absolute Gasteiger partial charge is 0.0343 e. The fourth-order valence-electron chi connectivity index (χ4n) is 1.12. The van der Waals surface area contributed by atoms with E-state index in [0.717, 1.165) is 11.3 Å². The minimum absolute atomic E-state index is 0.868. The second-order valence-corrected chi connectivity index (χ2v) is 3.51. The normalized spacial score (nSPS) is 8.93. The fourth-order valence-corrected chi connectivity index (χ4v) is 1.12. The topological polar surface area (TPSA) is 26.0 Å². The Hall–Kier alpha value is -1.76. The van der Waals surface area contributed by atoms with Crippen LogP contribution in [0.2, 0.25) is 0 Å². The summed E-state index contributed by atoms with van der Waals surface area (Å²) in [6, 6.07) is 18.1. The molecule has 0 saturated heterocycles. The molecule has 0 heterocycles. The van der Waals surface area contributed by atoms with Crippen LogP contribution in [0, 0.1) is 13.8 Å². The van der Waals surface area contributed by atoms with Crippen LogP contribution in [0.3, 0.4) is 0 Å². The maximum atomic E-state index is 5.52. The molecule has 0 atom stereocenters. The standard InChI is InChI=1S/C7H9N.C7H8/c1-6-4-2-3-5-7(6)8;1-7-5-3-2-4-6-7/h2-5H,8H2,1H3;2-6H,1H3. The Balaban J connectivity index is 0.000000151. The molecule has 0 aromatic heterocycles. The van der Waals surface area contributed by atoms with Gasteiger partial charge in [-0.3, -0.25) is 0 Å². The quantitative estimate of drug-likeness (QED) is 0.645. The van der Waals surface area contributed by atoms with Crippen molar-refractivity contribution in [3.05, 3.63) is 65.7 Å². The van der Waals surface area contributed by atoms with E-state index in [4.69, 9.17) is 5.73 Å². The summed E-state index contributed by atoms with van der Waals surface area (Å²) in [7, 11) is 0. The summed E-state index contributed by atoms with van der Waals surface area (Å²) >= 11 is 0. The summed E-state index contributed by atoms with van der Waals surface area (Å²) in [6.45, 7) is 4.08. The van der Waals surface area contributed by atoms with Gasteiger partial charge >= 0.3 is 0 Å². The molecule has 0 amide bonds. The summed E-state index contributed by atoms with van der Waals surface area (Å²) < 4.78 is 0. The molecule has 0 spiro atoms. The second kappa shape index (κ2) is 5.86. The van der Waals surface area contributed by atoms with E-state index in [2.05, 4.69) is 19.1 Å². The van der Waals surface area contributed by atoms with E-state index in [1.807, 2.05) is 49.4 Å². The molecule has 2 aromatic carbocycles. The van der Waals surface area contributed by atoms with Crippen molar-refractivity contribution in [2.45, 2.75) is 13.8 Å². The Morgan fingerprint density at radius 1 is 0.733 bits per heavy atom. The average molecular weight is 199 g/mol. The first-order valence-corrected chi connectivity index (χ1v) is 5.03. The average Bonchev–Trinajstić information content (AvgIpc) is 2.25. The molecule has 0 aliphatic rings. The number of aryl methyl sites for hydroxylation is 2. The molecule has 0 aliphatic carbocycles. The first kappa shape index (κ1) is 11.3. The highest BCUT2D eigenvalue weighted by molar-refractivity contribution is 5.44. The maximum absolute atomic E-state index is 5.52. The monoisotopic (exact) mass is 199 g/mol. The van der Waals surface area contributed by atoms with Crippen LogP contribution in [0.5, 0.6) is 0 Å². The van der Waals surface area contributed by atoms with Crippen molar-refractivity contribution in [3.63, 3.8) is 0 Å². The number of anilines is 1. The largest absolute Gasteiger partial charge is 0.399 e. The number of nitrogens with two attached hydrogens (primary N) is 1. The van der Waals surface area contributed by atoms with Crippen molar-refractivity contribution < 1.29 is 0 Å². The van der Waals surface area contributed by atoms with Crippen LogP contribution >= 0.6 is 0 Å². The van der Waals surface area contributed by atoms with E-state index in [9.17, 15) is 0 Å². The van der Waals surface area contributed by atoms with Gasteiger partial charge < -0.3 is 5.73 Å². The molecule has 2 N–H and O–H groups in total. The van der Waals surface area contributed by atoms with Crippen LogP contribution in [-0.2, 0) is 0 Å². The molecular weight excluding hydrogens is 182 g/mol. The first-order valence-electron chi connectivity index (χ1n) is 5.03. The van der Waals surface area contributed by atoms with Crippen molar-refractivity contribution in [1.29, 1.82) is 0 Å². The van der Waals surface area contributed by atoms with Crippen LogP contribution in [-0.4, -0.2) is 0 Å². The lowest BCUT2D eigenvalue weighted by atomic mass is 10.2. The Bertz CT molecular complexity index is 372. The molecule has 78 valence electrons. The van der Waals surface area contributed by atoms with Crippen molar-refractivity contribution in [1.82, 2.24) is 0 Å². The van der Waals surface area contributed by atoms with E-state index >= 15 is 0 Å². The number of hydrogen-bond donors (Lipinski definition) is 1. The number of benzene rings is 2. The van der Waals surface area contributed by atoms with Gasteiger partial charge in [-0.05, 0) is 25.5 Å². The third kappa shape index (κ3) is 4.32. The van der Waals surface area contributed by atoms with E-state index in [1.165, 1.54) is 5.56 Å². The fraction of sp³-hybridized carbons (Fsp3) is 0.143. The lowest BCUT2D eigenvalue weighted by molar-refractivity contribution is 1.47. The van der Waals surface area contributed by atoms with E-state index < -0.39 is 0 Å². The van der Waals surface area contributed by atoms with Gasteiger partial charge in [0, 0.05) is 5.69 Å². The van der Waals surface area contributed by atoms with Gasteiger partial charge in [0.2, 0.25) is 0 Å². The predicted molar refractivity (Wildman–Crippen MR) is 66.8 cm³/mol. The highest BCUT2D eigenvalue weighted by Gasteiger charge is 1.84. The van der Waals surface area contributed by atoms with Gasteiger partial charge in [-0.1, -0.05) is 54.1 Å². The molecule has 0 radical (unpaired) electrons. The Morgan fingerprint density at radius 3 is 1.60 bits per heavy atom. The van der Waals surface area contributed by atoms with Crippen LogP contribution in [0.15, 0.2) is 54.6 Å². The third-order valence-electron chi connectivity index (χ3n) is 2.13. The summed E-state index contributed by atoms with van der Waals surface area (Å²) in [6.07, 6.45) is 0. The number of hydrogen-bond acceptors (Lipinski definition) is 1. The van der Waals surface area contributed by atoms with E-state index in [-0.39, 0.29) is 0 Å². The van der Waals surface area contributed by atoms with Crippen molar-refractivity contribution in [2.75, 3.05) is 5.73 Å². The molecule has 2 aromatic rings. The van der Waals surface area contributed by atoms with E-state index in [0.29, 0.717) is 0 Å². The highest BCUT2D eigenvalue weighted by atomic mass is 14.5.